The van der Waals surface area contributed by atoms with Gasteiger partial charge in [0.05, 0.1) is 11.6 Å². The molecule has 0 aliphatic rings. The number of rotatable bonds is 4. The molecule has 0 N–H and O–H groups in total. The number of nitrogens with zero attached hydrogens (tertiary/aromatic N) is 1. The van der Waals surface area contributed by atoms with Crippen molar-refractivity contribution >= 4 is 5.78 Å². The van der Waals surface area contributed by atoms with Crippen molar-refractivity contribution in [3.8, 4) is 0 Å². The van der Waals surface area contributed by atoms with Gasteiger partial charge in [0, 0.05) is 12.5 Å². The largest absolute Gasteiger partial charge is 0.360 e. The van der Waals surface area contributed by atoms with Gasteiger partial charge in [-0.25, -0.2) is 0 Å². The van der Waals surface area contributed by atoms with Crippen LogP contribution < -0.4 is 0 Å². The van der Waals surface area contributed by atoms with Crippen molar-refractivity contribution in [1.82, 2.24) is 5.16 Å². The smallest absolute Gasteiger partial charge is 0.147 e. The predicted molar refractivity (Wildman–Crippen MR) is 54.1 cm³/mol. The molecule has 0 aliphatic carbocycles. The van der Waals surface area contributed by atoms with Crippen LogP contribution in [0.15, 0.2) is 10.6 Å². The normalized spacial score (nSPS) is 13.2. The Bertz CT molecular complexity index is 315. The minimum atomic E-state index is -0.138. The summed E-state index contributed by atoms with van der Waals surface area (Å²) in [6.07, 6.45) is 0.544. The zero-order chi connectivity index (χ0) is 10.7. The number of ketones is 1. The first kappa shape index (κ1) is 11.0. The number of aryl methyl sites for hydroxylation is 1. The fourth-order valence-electron chi connectivity index (χ4n) is 1.61. The van der Waals surface area contributed by atoms with E-state index >= 15 is 0 Å². The summed E-state index contributed by atoms with van der Waals surface area (Å²) in [6, 6.07) is 1.85. The van der Waals surface area contributed by atoms with Gasteiger partial charge >= 0.3 is 0 Å². The summed E-state index contributed by atoms with van der Waals surface area (Å²) >= 11 is 0. The van der Waals surface area contributed by atoms with Gasteiger partial charge in [0.15, 0.2) is 0 Å². The molecule has 0 spiro atoms. The van der Waals surface area contributed by atoms with E-state index < -0.39 is 0 Å². The number of carbonyl (C=O) groups is 1. The van der Waals surface area contributed by atoms with Gasteiger partial charge in [0.25, 0.3) is 0 Å². The Balaban J connectivity index is 2.94. The third kappa shape index (κ3) is 2.22. The quantitative estimate of drug-likeness (QED) is 0.741. The molecule has 0 saturated carbocycles. The molecule has 1 atom stereocenters. The highest BCUT2D eigenvalue weighted by molar-refractivity contribution is 5.85. The van der Waals surface area contributed by atoms with Crippen LogP contribution in [-0.2, 0) is 4.79 Å². The van der Waals surface area contributed by atoms with Gasteiger partial charge in [-0.15, -0.1) is 0 Å². The standard InChI is InChI=1S/C11H17NO2/c1-5-9(13)11(7(2)3)10-6-8(4)12-14-10/h6-7,11H,5H2,1-4H3. The van der Waals surface area contributed by atoms with E-state index in [9.17, 15) is 4.79 Å². The van der Waals surface area contributed by atoms with E-state index in [2.05, 4.69) is 5.16 Å². The molecule has 0 saturated heterocycles. The Morgan fingerprint density at radius 3 is 2.57 bits per heavy atom. The number of carbonyl (C=O) groups excluding carboxylic acids is 1. The zero-order valence-corrected chi connectivity index (χ0v) is 9.20. The molecule has 0 radical (unpaired) electrons. The summed E-state index contributed by atoms with van der Waals surface area (Å²) in [5, 5.41) is 3.81. The van der Waals surface area contributed by atoms with E-state index in [4.69, 9.17) is 4.52 Å². The minimum Gasteiger partial charge on any atom is -0.360 e. The van der Waals surface area contributed by atoms with E-state index in [-0.39, 0.29) is 17.6 Å². The monoisotopic (exact) mass is 195 g/mol. The highest BCUT2D eigenvalue weighted by Gasteiger charge is 2.26. The van der Waals surface area contributed by atoms with Gasteiger partial charge in [-0.3, -0.25) is 4.79 Å². The first-order valence-electron chi connectivity index (χ1n) is 5.02. The molecule has 1 heterocycles. The maximum atomic E-state index is 11.7. The molecule has 78 valence electrons. The van der Waals surface area contributed by atoms with Gasteiger partial charge in [-0.1, -0.05) is 25.9 Å². The maximum absolute atomic E-state index is 11.7. The average Bonchev–Trinajstić information content (AvgIpc) is 2.51. The number of aromatic nitrogens is 1. The lowest BCUT2D eigenvalue weighted by atomic mass is 9.88. The molecule has 1 aromatic rings. The van der Waals surface area contributed by atoms with Gasteiger partial charge in [-0.2, -0.15) is 0 Å². The summed E-state index contributed by atoms with van der Waals surface area (Å²) in [6.45, 7) is 7.79. The van der Waals surface area contributed by atoms with Crippen LogP contribution in [0.3, 0.4) is 0 Å². The Hall–Kier alpha value is -1.12. The second-order valence-electron chi connectivity index (χ2n) is 3.91. The molecule has 0 amide bonds. The van der Waals surface area contributed by atoms with Crippen LogP contribution in [0.4, 0.5) is 0 Å². The van der Waals surface area contributed by atoms with E-state index in [0.717, 1.165) is 5.69 Å². The Morgan fingerprint density at radius 2 is 2.21 bits per heavy atom. The molecule has 1 unspecified atom stereocenters. The van der Waals surface area contributed by atoms with Gasteiger partial charge in [0.2, 0.25) is 0 Å². The zero-order valence-electron chi connectivity index (χ0n) is 9.20. The van der Waals surface area contributed by atoms with Crippen molar-refractivity contribution in [1.29, 1.82) is 0 Å². The van der Waals surface area contributed by atoms with Crippen molar-refractivity contribution < 1.29 is 9.32 Å². The fourth-order valence-corrected chi connectivity index (χ4v) is 1.61. The molecule has 14 heavy (non-hydrogen) atoms. The van der Waals surface area contributed by atoms with E-state index in [1.165, 1.54) is 0 Å². The number of hydrogen-bond donors (Lipinski definition) is 0. The molecule has 0 aliphatic heterocycles. The molecule has 1 aromatic heterocycles. The first-order chi connectivity index (χ1) is 6.56. The summed E-state index contributed by atoms with van der Waals surface area (Å²) in [5.74, 6) is 1.04. The maximum Gasteiger partial charge on any atom is 0.147 e. The summed E-state index contributed by atoms with van der Waals surface area (Å²) < 4.78 is 5.14. The second kappa shape index (κ2) is 4.40. The first-order valence-corrected chi connectivity index (χ1v) is 5.02. The lowest BCUT2D eigenvalue weighted by Crippen LogP contribution is -2.16. The van der Waals surface area contributed by atoms with Gasteiger partial charge in [-0.05, 0) is 12.8 Å². The van der Waals surface area contributed by atoms with Crippen LogP contribution in [0.5, 0.6) is 0 Å². The molecule has 1 rings (SSSR count). The second-order valence-corrected chi connectivity index (χ2v) is 3.91. The van der Waals surface area contributed by atoms with Crippen molar-refractivity contribution in [2.45, 2.75) is 40.0 Å². The van der Waals surface area contributed by atoms with Crippen molar-refractivity contribution in [3.05, 3.63) is 17.5 Å². The Labute approximate surface area is 84.5 Å². The average molecular weight is 195 g/mol. The van der Waals surface area contributed by atoms with Crippen LogP contribution in [0.1, 0.15) is 44.6 Å². The lowest BCUT2D eigenvalue weighted by Gasteiger charge is -2.15. The highest BCUT2D eigenvalue weighted by Crippen LogP contribution is 2.26. The van der Waals surface area contributed by atoms with Crippen LogP contribution in [0, 0.1) is 12.8 Å². The third-order valence-corrected chi connectivity index (χ3v) is 2.31. The molecule has 0 aromatic carbocycles. The molecular weight excluding hydrogens is 178 g/mol. The SMILES string of the molecule is CCC(=O)C(c1cc(C)no1)C(C)C. The molecule has 0 bridgehead atoms. The van der Waals surface area contributed by atoms with E-state index in [1.54, 1.807) is 0 Å². The van der Waals surface area contributed by atoms with E-state index in [0.29, 0.717) is 12.2 Å². The molecule has 3 heteroatoms. The topological polar surface area (TPSA) is 43.1 Å². The van der Waals surface area contributed by atoms with Crippen molar-refractivity contribution in [3.63, 3.8) is 0 Å². The Morgan fingerprint density at radius 1 is 1.57 bits per heavy atom. The van der Waals surface area contributed by atoms with Gasteiger partial charge in [0.1, 0.15) is 11.5 Å². The third-order valence-electron chi connectivity index (χ3n) is 2.31. The number of Topliss-reactive ketones (excluding diaryl/α,β-unsaturated/α-hetero) is 1. The van der Waals surface area contributed by atoms with Crippen LogP contribution >= 0.6 is 0 Å². The van der Waals surface area contributed by atoms with Gasteiger partial charge < -0.3 is 4.52 Å². The minimum absolute atomic E-state index is 0.138. The predicted octanol–water partition coefficient (Wildman–Crippen LogP) is 2.70. The summed E-state index contributed by atoms with van der Waals surface area (Å²) in [5.41, 5.74) is 0.828. The fraction of sp³-hybridized carbons (Fsp3) is 0.636. The van der Waals surface area contributed by atoms with E-state index in [1.807, 2.05) is 33.8 Å². The summed E-state index contributed by atoms with van der Waals surface area (Å²) in [7, 11) is 0. The van der Waals surface area contributed by atoms with Crippen molar-refractivity contribution in [2.24, 2.45) is 5.92 Å². The number of hydrogen-bond acceptors (Lipinski definition) is 3. The Kier molecular flexibility index (Phi) is 3.44. The van der Waals surface area contributed by atoms with Crippen LogP contribution in [0.2, 0.25) is 0 Å². The molecule has 3 nitrogen and oxygen atoms in total. The lowest BCUT2D eigenvalue weighted by molar-refractivity contribution is -0.121. The summed E-state index contributed by atoms with van der Waals surface area (Å²) in [4.78, 5) is 11.7. The van der Waals surface area contributed by atoms with Crippen molar-refractivity contribution in [2.75, 3.05) is 0 Å². The molecular formula is C11H17NO2. The highest BCUT2D eigenvalue weighted by atomic mass is 16.5. The van der Waals surface area contributed by atoms with Crippen LogP contribution in [-0.4, -0.2) is 10.9 Å². The van der Waals surface area contributed by atoms with Crippen LogP contribution in [0.25, 0.3) is 0 Å². The molecule has 0 fully saturated rings.